The van der Waals surface area contributed by atoms with Gasteiger partial charge in [0.05, 0.1) is 6.21 Å². The fraction of sp³-hybridized carbons (Fsp3) is 0.429. The summed E-state index contributed by atoms with van der Waals surface area (Å²) in [6.07, 6.45) is 2.68. The van der Waals surface area contributed by atoms with Crippen molar-refractivity contribution < 1.29 is 0 Å². The van der Waals surface area contributed by atoms with Crippen molar-refractivity contribution in [2.45, 2.75) is 40.0 Å². The number of benzene rings is 1. The van der Waals surface area contributed by atoms with Crippen molar-refractivity contribution in [2.75, 3.05) is 0 Å². The zero-order valence-corrected chi connectivity index (χ0v) is 11.6. The molecule has 0 spiro atoms. The molecule has 1 rings (SSSR count). The fourth-order valence-corrected chi connectivity index (χ4v) is 2.28. The molecule has 0 amide bonds. The second-order valence-electron chi connectivity index (χ2n) is 4.64. The van der Waals surface area contributed by atoms with Gasteiger partial charge in [-0.05, 0) is 41.5 Å². The van der Waals surface area contributed by atoms with Crippen LogP contribution in [0.4, 0.5) is 0 Å². The van der Waals surface area contributed by atoms with Crippen LogP contribution in [0.3, 0.4) is 0 Å². The van der Waals surface area contributed by atoms with Gasteiger partial charge in [0.2, 0.25) is 5.96 Å². The minimum absolute atomic E-state index is 0.0273. The topological polar surface area (TPSA) is 76.8 Å². The van der Waals surface area contributed by atoms with E-state index < -0.39 is 0 Å². The first-order valence-corrected chi connectivity index (χ1v) is 6.21. The lowest BCUT2D eigenvalue weighted by molar-refractivity contribution is 0.833. The standard InChI is InChI=1S/C14H22N4/c1-5-12-11(8-17-18-14(15)16)7-6-10(4)13(12)9(2)3/h6-9H,5H2,1-4H3,(H4,15,16,18). The molecule has 0 radical (unpaired) electrons. The first-order valence-electron chi connectivity index (χ1n) is 6.21. The van der Waals surface area contributed by atoms with Crippen LogP contribution in [-0.2, 0) is 6.42 Å². The van der Waals surface area contributed by atoms with Crippen molar-refractivity contribution in [3.63, 3.8) is 0 Å². The molecule has 0 aliphatic heterocycles. The number of aryl methyl sites for hydroxylation is 1. The van der Waals surface area contributed by atoms with Gasteiger partial charge in [-0.2, -0.15) is 5.10 Å². The van der Waals surface area contributed by atoms with E-state index in [2.05, 4.69) is 50.0 Å². The van der Waals surface area contributed by atoms with Gasteiger partial charge in [-0.1, -0.05) is 32.9 Å². The van der Waals surface area contributed by atoms with Crippen molar-refractivity contribution in [3.8, 4) is 0 Å². The molecular formula is C14H22N4. The molecule has 0 saturated heterocycles. The van der Waals surface area contributed by atoms with E-state index in [9.17, 15) is 0 Å². The van der Waals surface area contributed by atoms with E-state index in [0.717, 1.165) is 12.0 Å². The molecule has 1 aromatic rings. The van der Waals surface area contributed by atoms with Crippen LogP contribution in [0.25, 0.3) is 0 Å². The monoisotopic (exact) mass is 246 g/mol. The molecule has 0 unspecified atom stereocenters. The Labute approximate surface area is 109 Å². The van der Waals surface area contributed by atoms with Crippen molar-refractivity contribution in [2.24, 2.45) is 21.7 Å². The zero-order chi connectivity index (χ0) is 13.7. The SMILES string of the molecule is CCc1c(C=NN=C(N)N)ccc(C)c1C(C)C. The molecule has 0 fully saturated rings. The smallest absolute Gasteiger partial charge is 0.211 e. The van der Waals surface area contributed by atoms with Crippen LogP contribution in [0.5, 0.6) is 0 Å². The Kier molecular flexibility index (Phi) is 4.89. The molecule has 98 valence electrons. The predicted molar refractivity (Wildman–Crippen MR) is 78.0 cm³/mol. The minimum atomic E-state index is -0.0273. The van der Waals surface area contributed by atoms with E-state index in [-0.39, 0.29) is 5.96 Å². The Morgan fingerprint density at radius 2 is 2.00 bits per heavy atom. The second-order valence-corrected chi connectivity index (χ2v) is 4.64. The highest BCUT2D eigenvalue weighted by atomic mass is 15.3. The summed E-state index contributed by atoms with van der Waals surface area (Å²) in [4.78, 5) is 0. The predicted octanol–water partition coefficient (Wildman–Crippen LogP) is 2.29. The molecule has 1 aromatic carbocycles. The molecule has 4 nitrogen and oxygen atoms in total. The molecular weight excluding hydrogens is 224 g/mol. The van der Waals surface area contributed by atoms with E-state index in [4.69, 9.17) is 11.5 Å². The molecule has 4 heteroatoms. The lowest BCUT2D eigenvalue weighted by Gasteiger charge is -2.17. The molecule has 0 aliphatic rings. The number of hydrogen-bond acceptors (Lipinski definition) is 2. The van der Waals surface area contributed by atoms with Crippen LogP contribution >= 0.6 is 0 Å². The Balaban J connectivity index is 3.25. The Hall–Kier alpha value is -1.84. The zero-order valence-electron chi connectivity index (χ0n) is 11.6. The maximum Gasteiger partial charge on any atom is 0.211 e. The van der Waals surface area contributed by atoms with Crippen LogP contribution in [0.15, 0.2) is 22.3 Å². The highest BCUT2D eigenvalue weighted by Gasteiger charge is 2.11. The van der Waals surface area contributed by atoms with E-state index in [1.807, 2.05) is 0 Å². The summed E-state index contributed by atoms with van der Waals surface area (Å²) >= 11 is 0. The third-order valence-electron chi connectivity index (χ3n) is 2.91. The first kappa shape index (κ1) is 14.2. The van der Waals surface area contributed by atoms with Gasteiger partial charge in [0.1, 0.15) is 0 Å². The van der Waals surface area contributed by atoms with Gasteiger partial charge in [0, 0.05) is 0 Å². The molecule has 0 saturated carbocycles. The quantitative estimate of drug-likeness (QED) is 0.486. The first-order chi connectivity index (χ1) is 8.47. The Bertz CT molecular complexity index is 469. The summed E-state index contributed by atoms with van der Waals surface area (Å²) in [5.41, 5.74) is 15.6. The van der Waals surface area contributed by atoms with Gasteiger partial charge in [0.25, 0.3) is 0 Å². The molecule has 4 N–H and O–H groups in total. The molecule has 0 aromatic heterocycles. The number of guanidine groups is 1. The van der Waals surface area contributed by atoms with Crippen LogP contribution in [0.1, 0.15) is 48.9 Å². The van der Waals surface area contributed by atoms with Gasteiger partial charge in [-0.15, -0.1) is 5.10 Å². The van der Waals surface area contributed by atoms with E-state index in [1.54, 1.807) is 6.21 Å². The Morgan fingerprint density at radius 1 is 1.33 bits per heavy atom. The largest absolute Gasteiger partial charge is 0.369 e. The van der Waals surface area contributed by atoms with Crippen molar-refractivity contribution in [3.05, 3.63) is 34.4 Å². The minimum Gasteiger partial charge on any atom is -0.369 e. The summed E-state index contributed by atoms with van der Waals surface area (Å²) in [7, 11) is 0. The van der Waals surface area contributed by atoms with E-state index >= 15 is 0 Å². The van der Waals surface area contributed by atoms with E-state index in [0.29, 0.717) is 5.92 Å². The molecule has 0 aliphatic carbocycles. The van der Waals surface area contributed by atoms with E-state index in [1.165, 1.54) is 16.7 Å². The van der Waals surface area contributed by atoms with Crippen molar-refractivity contribution in [1.29, 1.82) is 0 Å². The normalized spacial score (nSPS) is 11.2. The number of hydrogen-bond donors (Lipinski definition) is 2. The third-order valence-corrected chi connectivity index (χ3v) is 2.91. The van der Waals surface area contributed by atoms with Gasteiger partial charge < -0.3 is 11.5 Å². The average molecular weight is 246 g/mol. The summed E-state index contributed by atoms with van der Waals surface area (Å²) in [5.74, 6) is 0.469. The maximum atomic E-state index is 5.24. The molecule has 0 bridgehead atoms. The average Bonchev–Trinajstić information content (AvgIpc) is 2.29. The number of rotatable bonds is 4. The fourth-order valence-electron chi connectivity index (χ4n) is 2.28. The van der Waals surface area contributed by atoms with Crippen LogP contribution in [-0.4, -0.2) is 12.2 Å². The molecule has 0 atom stereocenters. The summed E-state index contributed by atoms with van der Waals surface area (Å²) in [6.45, 7) is 8.71. The summed E-state index contributed by atoms with van der Waals surface area (Å²) in [5, 5.41) is 7.53. The summed E-state index contributed by atoms with van der Waals surface area (Å²) in [6, 6.07) is 4.18. The molecule has 18 heavy (non-hydrogen) atoms. The number of nitrogens with zero attached hydrogens (tertiary/aromatic N) is 2. The van der Waals surface area contributed by atoms with Gasteiger partial charge >= 0.3 is 0 Å². The Morgan fingerprint density at radius 3 is 2.50 bits per heavy atom. The lowest BCUT2D eigenvalue weighted by atomic mass is 9.88. The van der Waals surface area contributed by atoms with Crippen molar-refractivity contribution in [1.82, 2.24) is 0 Å². The van der Waals surface area contributed by atoms with Crippen LogP contribution < -0.4 is 11.5 Å². The lowest BCUT2D eigenvalue weighted by Crippen LogP contribution is -2.21. The van der Waals surface area contributed by atoms with Crippen molar-refractivity contribution >= 4 is 12.2 Å². The second kappa shape index (κ2) is 6.19. The maximum absolute atomic E-state index is 5.24. The van der Waals surface area contributed by atoms with Gasteiger partial charge in [-0.25, -0.2) is 0 Å². The molecule has 0 heterocycles. The highest BCUT2D eigenvalue weighted by molar-refractivity contribution is 5.84. The van der Waals surface area contributed by atoms with Crippen LogP contribution in [0.2, 0.25) is 0 Å². The highest BCUT2D eigenvalue weighted by Crippen LogP contribution is 2.26. The van der Waals surface area contributed by atoms with Crippen LogP contribution in [0, 0.1) is 6.92 Å². The van der Waals surface area contributed by atoms with Gasteiger partial charge in [0.15, 0.2) is 0 Å². The summed E-state index contributed by atoms with van der Waals surface area (Å²) < 4.78 is 0. The van der Waals surface area contributed by atoms with Gasteiger partial charge in [-0.3, -0.25) is 0 Å². The number of nitrogens with two attached hydrogens (primary N) is 2. The third kappa shape index (κ3) is 3.32.